The van der Waals surface area contributed by atoms with E-state index in [0.717, 1.165) is 42.6 Å². The van der Waals surface area contributed by atoms with Gasteiger partial charge in [-0.05, 0) is 0 Å². The van der Waals surface area contributed by atoms with Gasteiger partial charge in [-0.1, -0.05) is 53.5 Å². The summed E-state index contributed by atoms with van der Waals surface area (Å²) in [6.07, 6.45) is -0.448. The topological polar surface area (TPSA) is 53.4 Å². The van der Waals surface area contributed by atoms with Gasteiger partial charge in [0.2, 0.25) is 5.13 Å². The molecular formula is C20H28N5O2PS2. The Labute approximate surface area is 187 Å². The van der Waals surface area contributed by atoms with Crippen LogP contribution in [0.1, 0.15) is 0 Å². The van der Waals surface area contributed by atoms with Crippen molar-refractivity contribution < 1.29 is 9.47 Å². The first-order valence-corrected chi connectivity index (χ1v) is 13.7. The van der Waals surface area contributed by atoms with E-state index in [1.54, 1.807) is 17.7 Å². The van der Waals surface area contributed by atoms with Crippen LogP contribution in [0.5, 0.6) is 0 Å². The lowest BCUT2D eigenvalue weighted by Gasteiger charge is -2.45. The number of benzene rings is 1. The van der Waals surface area contributed by atoms with Crippen molar-refractivity contribution in [3.8, 4) is 11.3 Å². The van der Waals surface area contributed by atoms with Gasteiger partial charge in [-0.15, -0.1) is 0 Å². The fraction of sp³-hybridized carbons (Fsp3) is 0.500. The Bertz CT molecular complexity index is 887. The molecule has 162 valence electrons. The molecule has 2 saturated heterocycles. The van der Waals surface area contributed by atoms with Crippen molar-refractivity contribution in [2.24, 2.45) is 4.99 Å². The van der Waals surface area contributed by atoms with Crippen molar-refractivity contribution in [1.82, 2.24) is 19.2 Å². The Morgan fingerprint density at radius 3 is 2.13 bits per heavy atom. The molecule has 30 heavy (non-hydrogen) atoms. The van der Waals surface area contributed by atoms with Gasteiger partial charge in [0.15, 0.2) is 0 Å². The summed E-state index contributed by atoms with van der Waals surface area (Å²) >= 11 is 8.24. The normalized spacial score (nSPS) is 19.4. The van der Waals surface area contributed by atoms with Crippen LogP contribution in [0.3, 0.4) is 0 Å². The van der Waals surface area contributed by atoms with E-state index >= 15 is 0 Å². The Kier molecular flexibility index (Phi) is 7.31. The number of nitrogens with zero attached hydrogens (tertiary/aromatic N) is 5. The minimum absolute atomic E-state index is 0.716. The maximum Gasteiger partial charge on any atom is 0.211 e. The lowest BCUT2D eigenvalue weighted by Crippen LogP contribution is -2.45. The number of rotatable bonds is 6. The fourth-order valence-corrected chi connectivity index (χ4v) is 9.98. The van der Waals surface area contributed by atoms with Gasteiger partial charge in [0.1, 0.15) is 6.34 Å². The predicted octanol–water partition coefficient (Wildman–Crippen LogP) is 2.63. The molecule has 2 fully saturated rings. The number of hydrogen-bond acceptors (Lipinski definition) is 6. The molecule has 0 bridgehead atoms. The summed E-state index contributed by atoms with van der Waals surface area (Å²) in [6, 6.07) is 10.3. The van der Waals surface area contributed by atoms with Gasteiger partial charge in [-0.2, -0.15) is 0 Å². The molecule has 2 aliphatic rings. The molecule has 0 N–H and O–H groups in total. The summed E-state index contributed by atoms with van der Waals surface area (Å²) < 4.78 is 17.4. The van der Waals surface area contributed by atoms with E-state index < -0.39 is 6.34 Å². The van der Waals surface area contributed by atoms with Crippen LogP contribution in [0.4, 0.5) is 5.13 Å². The molecule has 7 nitrogen and oxygen atoms in total. The molecule has 3 heterocycles. The van der Waals surface area contributed by atoms with Crippen molar-refractivity contribution in [3.05, 3.63) is 30.3 Å². The van der Waals surface area contributed by atoms with Crippen LogP contribution < -0.4 is 4.62 Å². The Morgan fingerprint density at radius 2 is 1.60 bits per heavy atom. The average Bonchev–Trinajstić information content (AvgIpc) is 3.24. The van der Waals surface area contributed by atoms with Crippen LogP contribution in [0, 0.1) is 0 Å². The zero-order valence-corrected chi connectivity index (χ0v) is 20.0. The number of morpholine rings is 2. The smallest absolute Gasteiger partial charge is 0.211 e. The van der Waals surface area contributed by atoms with Crippen molar-refractivity contribution in [3.63, 3.8) is 0 Å². The number of aliphatic imine (C=N–C) groups is 1. The molecule has 2 aliphatic heterocycles. The molecular weight excluding hydrogens is 437 g/mol. The molecule has 0 aliphatic carbocycles. The largest absolute Gasteiger partial charge is 0.379 e. The van der Waals surface area contributed by atoms with E-state index in [-0.39, 0.29) is 0 Å². The number of ether oxygens (including phenoxy) is 2. The second-order valence-corrected chi connectivity index (χ2v) is 12.9. The van der Waals surface area contributed by atoms with E-state index in [4.69, 9.17) is 26.3 Å². The molecule has 0 atom stereocenters. The van der Waals surface area contributed by atoms with Gasteiger partial charge >= 0.3 is 0 Å². The highest BCUT2D eigenvalue weighted by atomic mass is 32.4. The quantitative estimate of drug-likeness (QED) is 0.369. The maximum atomic E-state index is 6.60. The van der Waals surface area contributed by atoms with Crippen molar-refractivity contribution in [2.75, 3.05) is 66.7 Å². The van der Waals surface area contributed by atoms with E-state index in [1.165, 1.54) is 4.62 Å². The molecule has 0 radical (unpaired) electrons. The molecule has 4 rings (SSSR count). The van der Waals surface area contributed by atoms with E-state index in [2.05, 4.69) is 26.5 Å². The third-order valence-corrected chi connectivity index (χ3v) is 12.2. The first kappa shape index (κ1) is 22.0. The molecule has 0 unspecified atom stereocenters. The molecule has 0 saturated carbocycles. The number of thiazole rings is 1. The van der Waals surface area contributed by atoms with Crippen molar-refractivity contribution in [2.45, 2.75) is 0 Å². The summed E-state index contributed by atoms with van der Waals surface area (Å²) in [7, 11) is 3.92. The lowest BCUT2D eigenvalue weighted by atomic mass is 10.2. The second-order valence-electron chi connectivity index (χ2n) is 7.40. The monoisotopic (exact) mass is 465 g/mol. The van der Waals surface area contributed by atoms with Crippen molar-refractivity contribution >= 4 is 45.6 Å². The zero-order chi connectivity index (χ0) is 21.0. The Hall–Kier alpha value is -1.19. The summed E-state index contributed by atoms with van der Waals surface area (Å²) in [6.45, 7) is 6.24. The molecule has 1 aromatic heterocycles. The van der Waals surface area contributed by atoms with Gasteiger partial charge in [0.05, 0.1) is 43.1 Å². The lowest BCUT2D eigenvalue weighted by molar-refractivity contribution is 0.0590. The van der Waals surface area contributed by atoms with Crippen LogP contribution in [0.2, 0.25) is 0 Å². The van der Waals surface area contributed by atoms with Gasteiger partial charge in [0.25, 0.3) is 0 Å². The third kappa shape index (κ3) is 4.67. The highest BCUT2D eigenvalue weighted by Crippen LogP contribution is 2.56. The van der Waals surface area contributed by atoms with Gasteiger partial charge < -0.3 is 14.4 Å². The highest BCUT2D eigenvalue weighted by Gasteiger charge is 2.40. The van der Waals surface area contributed by atoms with Crippen LogP contribution in [0.25, 0.3) is 11.3 Å². The molecule has 0 spiro atoms. The summed E-state index contributed by atoms with van der Waals surface area (Å²) in [5.41, 5.74) is 2.05. The highest BCUT2D eigenvalue weighted by molar-refractivity contribution is 8.17. The van der Waals surface area contributed by atoms with E-state index in [0.29, 0.717) is 26.4 Å². The predicted molar refractivity (Wildman–Crippen MR) is 128 cm³/mol. The maximum absolute atomic E-state index is 6.60. The van der Waals surface area contributed by atoms with Gasteiger partial charge in [0, 0.05) is 45.8 Å². The van der Waals surface area contributed by atoms with Gasteiger partial charge in [-0.25, -0.2) is 9.98 Å². The molecule has 0 amide bonds. The standard InChI is InChI=1S/C20H28N5O2PS2/c1-23(2)16-21-20-22-18(17-6-4-3-5-7-17)19(30-20)28(29,24-8-12-26-13-9-24)25-10-14-27-15-11-25/h3-7,16H,8-15H2,1-2H3. The molecule has 2 aromatic rings. The second kappa shape index (κ2) is 9.96. The van der Waals surface area contributed by atoms with Crippen LogP contribution in [0.15, 0.2) is 35.3 Å². The van der Waals surface area contributed by atoms with E-state index in [9.17, 15) is 0 Å². The number of aromatic nitrogens is 1. The SMILES string of the molecule is CN(C)C=Nc1nc(-c2ccccc2)c(P(=S)(N2CCOCC2)N2CCOCC2)s1. The average molecular weight is 466 g/mol. The first-order chi connectivity index (χ1) is 14.6. The van der Waals surface area contributed by atoms with E-state index in [1.807, 2.05) is 37.2 Å². The van der Waals surface area contributed by atoms with Gasteiger partial charge in [-0.3, -0.25) is 9.34 Å². The van der Waals surface area contributed by atoms with Crippen LogP contribution >= 0.6 is 17.7 Å². The third-order valence-electron chi connectivity index (χ3n) is 5.05. The minimum atomic E-state index is -2.24. The van der Waals surface area contributed by atoms with Crippen LogP contribution in [-0.2, 0) is 21.3 Å². The first-order valence-electron chi connectivity index (χ1n) is 10.1. The fourth-order valence-electron chi connectivity index (χ4n) is 3.59. The summed E-state index contributed by atoms with van der Waals surface area (Å²) in [5, 5.41) is 0.744. The van der Waals surface area contributed by atoms with Crippen LogP contribution in [-0.4, -0.2) is 92.3 Å². The molecule has 10 heteroatoms. The number of hydrogen-bond donors (Lipinski definition) is 0. The zero-order valence-electron chi connectivity index (χ0n) is 17.4. The molecule has 1 aromatic carbocycles. The Morgan fingerprint density at radius 1 is 1.03 bits per heavy atom. The minimum Gasteiger partial charge on any atom is -0.379 e. The van der Waals surface area contributed by atoms with Crippen molar-refractivity contribution in [1.29, 1.82) is 0 Å². The summed E-state index contributed by atoms with van der Waals surface area (Å²) in [4.78, 5) is 11.5. The summed E-state index contributed by atoms with van der Waals surface area (Å²) in [5.74, 6) is 0. The Balaban J connectivity index is 1.85.